The molecule has 0 radical (unpaired) electrons. The summed E-state index contributed by atoms with van der Waals surface area (Å²) >= 11 is 5.31. The van der Waals surface area contributed by atoms with Gasteiger partial charge in [0.05, 0.1) is 0 Å². The van der Waals surface area contributed by atoms with Gasteiger partial charge in [0.1, 0.15) is 0 Å². The Morgan fingerprint density at radius 3 is 2.80 bits per heavy atom. The SMILES string of the molecule is CCN1CCC(N(C)CCNCc2cc(Br)cs2)CC1. The first kappa shape index (κ1) is 16.4. The first-order valence-corrected chi connectivity index (χ1v) is 9.22. The molecule has 1 aromatic rings. The predicted octanol–water partition coefficient (Wildman–Crippen LogP) is 3.02. The third-order valence-electron chi connectivity index (χ3n) is 4.19. The van der Waals surface area contributed by atoms with E-state index in [0.29, 0.717) is 0 Å². The van der Waals surface area contributed by atoms with E-state index in [-0.39, 0.29) is 0 Å². The summed E-state index contributed by atoms with van der Waals surface area (Å²) in [6.07, 6.45) is 2.64. The number of hydrogen-bond acceptors (Lipinski definition) is 4. The molecule has 0 spiro atoms. The van der Waals surface area contributed by atoms with Crippen LogP contribution in [0, 0.1) is 0 Å². The van der Waals surface area contributed by atoms with Gasteiger partial charge in [-0.15, -0.1) is 11.3 Å². The minimum absolute atomic E-state index is 0.774. The Kier molecular flexibility index (Phi) is 6.97. The molecule has 2 heterocycles. The molecule has 0 atom stereocenters. The number of piperidine rings is 1. The standard InChI is InChI=1S/C15H26BrN3S/c1-3-19-7-4-14(5-8-19)18(2)9-6-17-11-15-10-13(16)12-20-15/h10,12,14,17H,3-9,11H2,1-2H3. The first-order valence-electron chi connectivity index (χ1n) is 7.55. The lowest BCUT2D eigenvalue weighted by atomic mass is 10.0. The van der Waals surface area contributed by atoms with Crippen molar-refractivity contribution in [3.8, 4) is 0 Å². The van der Waals surface area contributed by atoms with Crippen LogP contribution in [0.15, 0.2) is 15.9 Å². The van der Waals surface area contributed by atoms with Gasteiger partial charge in [0.15, 0.2) is 0 Å². The van der Waals surface area contributed by atoms with Crippen molar-refractivity contribution in [2.75, 3.05) is 39.8 Å². The second kappa shape index (κ2) is 8.49. The molecule has 1 fully saturated rings. The number of hydrogen-bond donors (Lipinski definition) is 1. The largest absolute Gasteiger partial charge is 0.311 e. The van der Waals surface area contributed by atoms with Crippen LogP contribution >= 0.6 is 27.3 Å². The minimum atomic E-state index is 0.774. The summed E-state index contributed by atoms with van der Waals surface area (Å²) in [7, 11) is 2.27. The van der Waals surface area contributed by atoms with Crippen LogP contribution in [0.4, 0.5) is 0 Å². The van der Waals surface area contributed by atoms with Gasteiger partial charge in [0.25, 0.3) is 0 Å². The highest BCUT2D eigenvalue weighted by Gasteiger charge is 2.20. The van der Waals surface area contributed by atoms with Crippen molar-refractivity contribution < 1.29 is 0 Å². The van der Waals surface area contributed by atoms with Gasteiger partial charge in [0, 0.05) is 40.4 Å². The maximum Gasteiger partial charge on any atom is 0.0300 e. The zero-order valence-electron chi connectivity index (χ0n) is 12.6. The van der Waals surface area contributed by atoms with E-state index < -0.39 is 0 Å². The molecule has 5 heteroatoms. The summed E-state index contributed by atoms with van der Waals surface area (Å²) < 4.78 is 1.19. The summed E-state index contributed by atoms with van der Waals surface area (Å²) in [6.45, 7) is 9.19. The van der Waals surface area contributed by atoms with Crippen LogP contribution in [0.1, 0.15) is 24.6 Å². The maximum atomic E-state index is 3.54. The van der Waals surface area contributed by atoms with Crippen molar-refractivity contribution in [3.63, 3.8) is 0 Å². The molecule has 0 aromatic carbocycles. The van der Waals surface area contributed by atoms with E-state index in [0.717, 1.165) is 25.7 Å². The molecule has 3 nitrogen and oxygen atoms in total. The summed E-state index contributed by atoms with van der Waals surface area (Å²) in [6, 6.07) is 2.97. The molecule has 1 saturated heterocycles. The molecule has 114 valence electrons. The molecule has 20 heavy (non-hydrogen) atoms. The third kappa shape index (κ3) is 5.11. The Morgan fingerprint density at radius 2 is 2.20 bits per heavy atom. The van der Waals surface area contributed by atoms with Crippen molar-refractivity contribution in [2.45, 2.75) is 32.4 Å². The molecule has 2 rings (SSSR count). The van der Waals surface area contributed by atoms with Gasteiger partial charge in [-0.05, 0) is 61.5 Å². The van der Waals surface area contributed by atoms with Gasteiger partial charge < -0.3 is 15.1 Å². The average molecular weight is 360 g/mol. The Labute approximate surface area is 135 Å². The number of thiophene rings is 1. The Bertz CT molecular complexity index is 388. The Balaban J connectivity index is 1.59. The molecule has 0 aliphatic carbocycles. The van der Waals surface area contributed by atoms with Gasteiger partial charge in [-0.25, -0.2) is 0 Å². The van der Waals surface area contributed by atoms with Crippen molar-refractivity contribution in [3.05, 3.63) is 20.8 Å². The number of likely N-dealkylation sites (tertiary alicyclic amines) is 1. The highest BCUT2D eigenvalue weighted by Crippen LogP contribution is 2.19. The van der Waals surface area contributed by atoms with E-state index in [9.17, 15) is 0 Å². The van der Waals surface area contributed by atoms with Crippen LogP contribution in [0.3, 0.4) is 0 Å². The topological polar surface area (TPSA) is 18.5 Å². The lowest BCUT2D eigenvalue weighted by Crippen LogP contribution is -2.44. The van der Waals surface area contributed by atoms with Crippen molar-refractivity contribution in [1.82, 2.24) is 15.1 Å². The summed E-state index contributed by atoms with van der Waals surface area (Å²) in [5.74, 6) is 0. The molecule has 1 aromatic heterocycles. The Morgan fingerprint density at radius 1 is 1.45 bits per heavy atom. The average Bonchev–Trinajstić information content (AvgIpc) is 2.89. The van der Waals surface area contributed by atoms with E-state index in [4.69, 9.17) is 0 Å². The van der Waals surface area contributed by atoms with Crippen LogP contribution in [0.2, 0.25) is 0 Å². The van der Waals surface area contributed by atoms with Gasteiger partial charge in [-0.3, -0.25) is 0 Å². The van der Waals surface area contributed by atoms with E-state index in [1.54, 1.807) is 0 Å². The number of nitrogens with one attached hydrogen (secondary N) is 1. The quantitative estimate of drug-likeness (QED) is 0.754. The lowest BCUT2D eigenvalue weighted by Gasteiger charge is -2.36. The van der Waals surface area contributed by atoms with Gasteiger partial charge in [0.2, 0.25) is 0 Å². The highest BCUT2D eigenvalue weighted by atomic mass is 79.9. The molecule has 0 bridgehead atoms. The fraction of sp³-hybridized carbons (Fsp3) is 0.733. The second-order valence-corrected chi connectivity index (χ2v) is 7.47. The van der Waals surface area contributed by atoms with E-state index in [1.165, 1.54) is 41.8 Å². The second-order valence-electron chi connectivity index (χ2n) is 5.55. The monoisotopic (exact) mass is 359 g/mol. The lowest BCUT2D eigenvalue weighted by molar-refractivity contribution is 0.132. The minimum Gasteiger partial charge on any atom is -0.311 e. The highest BCUT2D eigenvalue weighted by molar-refractivity contribution is 9.10. The van der Waals surface area contributed by atoms with Crippen molar-refractivity contribution >= 4 is 27.3 Å². The zero-order chi connectivity index (χ0) is 14.4. The predicted molar refractivity (Wildman–Crippen MR) is 91.5 cm³/mol. The maximum absolute atomic E-state index is 3.54. The molecular formula is C15H26BrN3S. The molecule has 0 saturated carbocycles. The normalized spacial score (nSPS) is 18.0. The zero-order valence-corrected chi connectivity index (χ0v) is 15.0. The molecule has 1 aliphatic rings. The fourth-order valence-electron chi connectivity index (χ4n) is 2.77. The van der Waals surface area contributed by atoms with Crippen molar-refractivity contribution in [1.29, 1.82) is 0 Å². The van der Waals surface area contributed by atoms with Crippen LogP contribution in [-0.4, -0.2) is 55.6 Å². The first-order chi connectivity index (χ1) is 9.69. The molecular weight excluding hydrogens is 334 g/mol. The molecule has 0 amide bonds. The van der Waals surface area contributed by atoms with E-state index >= 15 is 0 Å². The van der Waals surface area contributed by atoms with E-state index in [2.05, 4.69) is 56.5 Å². The smallest absolute Gasteiger partial charge is 0.0300 e. The van der Waals surface area contributed by atoms with Gasteiger partial charge in [-0.1, -0.05) is 6.92 Å². The van der Waals surface area contributed by atoms with E-state index in [1.807, 2.05) is 11.3 Å². The van der Waals surface area contributed by atoms with Crippen molar-refractivity contribution in [2.24, 2.45) is 0 Å². The van der Waals surface area contributed by atoms with Crippen LogP contribution in [0.5, 0.6) is 0 Å². The van der Waals surface area contributed by atoms with Crippen LogP contribution in [0.25, 0.3) is 0 Å². The molecule has 1 aliphatic heterocycles. The number of rotatable bonds is 7. The molecule has 0 unspecified atom stereocenters. The van der Waals surface area contributed by atoms with Crippen LogP contribution < -0.4 is 5.32 Å². The fourth-order valence-corrected chi connectivity index (χ4v) is 4.19. The molecule has 1 N–H and O–H groups in total. The number of halogens is 1. The number of likely N-dealkylation sites (N-methyl/N-ethyl adjacent to an activating group) is 1. The summed E-state index contributed by atoms with van der Waals surface area (Å²) in [5, 5.41) is 5.69. The summed E-state index contributed by atoms with van der Waals surface area (Å²) in [4.78, 5) is 6.48. The third-order valence-corrected chi connectivity index (χ3v) is 5.89. The van der Waals surface area contributed by atoms with Crippen LogP contribution in [-0.2, 0) is 6.54 Å². The Hall–Kier alpha value is 0.0600. The van der Waals surface area contributed by atoms with Gasteiger partial charge in [-0.2, -0.15) is 0 Å². The number of nitrogens with zero attached hydrogens (tertiary/aromatic N) is 2. The summed E-state index contributed by atoms with van der Waals surface area (Å²) in [5.41, 5.74) is 0. The van der Waals surface area contributed by atoms with Gasteiger partial charge >= 0.3 is 0 Å².